The number of hydrogen-bond acceptors (Lipinski definition) is 5. The number of aromatic amines is 1. The van der Waals surface area contributed by atoms with E-state index >= 15 is 0 Å². The number of benzene rings is 1. The highest BCUT2D eigenvalue weighted by Crippen LogP contribution is 2.26. The van der Waals surface area contributed by atoms with Gasteiger partial charge in [0.25, 0.3) is 5.76 Å². The molecule has 0 aliphatic rings. The minimum atomic E-state index is -2.47. The molecule has 1 heterocycles. The number of Topliss-reactive ketones (excluding diaryl/α,β-unsaturated/α-hetero) is 1. The van der Waals surface area contributed by atoms with Crippen LogP contribution in [0.4, 0.5) is 14.5 Å². The van der Waals surface area contributed by atoms with Crippen molar-refractivity contribution < 1.29 is 23.1 Å². The summed E-state index contributed by atoms with van der Waals surface area (Å²) in [4.78, 5) is 27.9. The number of nitrogens with one attached hydrogen (secondary N) is 2. The normalized spacial score (nSPS) is 12.1. The number of carbonyl (C=O) groups excluding carboxylic acids is 2. The van der Waals surface area contributed by atoms with Gasteiger partial charge in [-0.05, 0) is 50.6 Å². The Kier molecular flexibility index (Phi) is 6.42. The third kappa shape index (κ3) is 4.43. The van der Waals surface area contributed by atoms with Gasteiger partial charge in [-0.3, -0.25) is 4.79 Å². The molecule has 140 valence electrons. The Morgan fingerprint density at radius 3 is 2.35 bits per heavy atom. The van der Waals surface area contributed by atoms with Crippen LogP contribution in [0.25, 0.3) is 0 Å². The Bertz CT molecular complexity index is 804. The standard InChI is InChI=1S/C18H20F2N2O3S/c1-9-14(17(24)25-4)10(2)22-15(9)16(23)11(3)21-12-5-7-13(8-6-12)26-18(19)20/h5-8,11,18,21-22H,1-4H3/t11-/m0/s1. The summed E-state index contributed by atoms with van der Waals surface area (Å²) >= 11 is 0.463. The van der Waals surface area contributed by atoms with Gasteiger partial charge in [-0.15, -0.1) is 0 Å². The summed E-state index contributed by atoms with van der Waals surface area (Å²) in [7, 11) is 1.29. The molecule has 8 heteroatoms. The molecule has 2 aromatic rings. The molecule has 5 nitrogen and oxygen atoms in total. The molecular formula is C18H20F2N2O3S. The fraction of sp³-hybridized carbons (Fsp3) is 0.333. The molecule has 0 radical (unpaired) electrons. The first-order valence-electron chi connectivity index (χ1n) is 7.87. The van der Waals surface area contributed by atoms with Gasteiger partial charge in [0.1, 0.15) is 0 Å². The number of rotatable bonds is 7. The van der Waals surface area contributed by atoms with E-state index in [0.29, 0.717) is 44.9 Å². The van der Waals surface area contributed by atoms with E-state index < -0.39 is 17.8 Å². The quantitative estimate of drug-likeness (QED) is 0.421. The highest BCUT2D eigenvalue weighted by Gasteiger charge is 2.25. The van der Waals surface area contributed by atoms with Crippen LogP contribution in [0.15, 0.2) is 29.2 Å². The van der Waals surface area contributed by atoms with Gasteiger partial charge in [0, 0.05) is 16.3 Å². The van der Waals surface area contributed by atoms with Gasteiger partial charge in [-0.25, -0.2) is 4.79 Å². The number of anilines is 1. The fourth-order valence-corrected chi connectivity index (χ4v) is 3.17. The number of H-pyrrole nitrogens is 1. The van der Waals surface area contributed by atoms with Gasteiger partial charge >= 0.3 is 5.97 Å². The summed E-state index contributed by atoms with van der Waals surface area (Å²) in [6, 6.07) is 5.83. The number of methoxy groups -OCH3 is 1. The number of aromatic nitrogens is 1. The van der Waals surface area contributed by atoms with Crippen LogP contribution in [0.5, 0.6) is 0 Å². The molecule has 0 spiro atoms. The molecular weight excluding hydrogens is 362 g/mol. The van der Waals surface area contributed by atoms with Crippen molar-refractivity contribution in [2.75, 3.05) is 12.4 Å². The lowest BCUT2D eigenvalue weighted by Crippen LogP contribution is -2.27. The van der Waals surface area contributed by atoms with Crippen LogP contribution >= 0.6 is 11.8 Å². The SMILES string of the molecule is COC(=O)c1c(C)[nH]c(C(=O)[C@H](C)Nc2ccc(SC(F)F)cc2)c1C. The van der Waals surface area contributed by atoms with Crippen molar-refractivity contribution in [1.82, 2.24) is 4.98 Å². The summed E-state index contributed by atoms with van der Waals surface area (Å²) in [6.07, 6.45) is 0. The van der Waals surface area contributed by atoms with Crippen LogP contribution in [0.2, 0.25) is 0 Å². The molecule has 0 aliphatic carbocycles. The maximum Gasteiger partial charge on any atom is 0.339 e. The zero-order valence-electron chi connectivity index (χ0n) is 14.9. The first kappa shape index (κ1) is 20.0. The van der Waals surface area contributed by atoms with Crippen LogP contribution in [0.3, 0.4) is 0 Å². The molecule has 26 heavy (non-hydrogen) atoms. The molecule has 1 aromatic heterocycles. The van der Waals surface area contributed by atoms with Gasteiger partial charge in [0.2, 0.25) is 5.78 Å². The van der Waals surface area contributed by atoms with E-state index in [4.69, 9.17) is 4.74 Å². The average molecular weight is 382 g/mol. The van der Waals surface area contributed by atoms with Crippen molar-refractivity contribution in [3.63, 3.8) is 0 Å². The second-order valence-electron chi connectivity index (χ2n) is 5.75. The highest BCUT2D eigenvalue weighted by atomic mass is 32.2. The zero-order valence-corrected chi connectivity index (χ0v) is 15.7. The van der Waals surface area contributed by atoms with Crippen LogP contribution in [0, 0.1) is 13.8 Å². The van der Waals surface area contributed by atoms with Crippen molar-refractivity contribution in [3.8, 4) is 0 Å². The summed E-state index contributed by atoms with van der Waals surface area (Å²) in [5.74, 6) is -3.19. The minimum Gasteiger partial charge on any atom is -0.465 e. The molecule has 0 unspecified atom stereocenters. The Hall–Kier alpha value is -2.35. The molecule has 0 amide bonds. The van der Waals surface area contributed by atoms with Crippen molar-refractivity contribution in [1.29, 1.82) is 0 Å². The van der Waals surface area contributed by atoms with E-state index in [1.54, 1.807) is 45.0 Å². The van der Waals surface area contributed by atoms with Gasteiger partial charge in [-0.1, -0.05) is 11.8 Å². The molecule has 1 aromatic carbocycles. The molecule has 0 bridgehead atoms. The van der Waals surface area contributed by atoms with E-state index in [2.05, 4.69) is 10.3 Å². The van der Waals surface area contributed by atoms with E-state index in [-0.39, 0.29) is 5.78 Å². The fourth-order valence-electron chi connectivity index (χ4n) is 2.67. The predicted octanol–water partition coefficient (Wildman–Crippen LogP) is 4.42. The molecule has 0 saturated carbocycles. The van der Waals surface area contributed by atoms with E-state index in [0.717, 1.165) is 0 Å². The largest absolute Gasteiger partial charge is 0.465 e. The topological polar surface area (TPSA) is 71.2 Å². The summed E-state index contributed by atoms with van der Waals surface area (Å²) in [5, 5.41) is 3.04. The highest BCUT2D eigenvalue weighted by molar-refractivity contribution is 7.99. The van der Waals surface area contributed by atoms with Gasteiger partial charge < -0.3 is 15.0 Å². The monoisotopic (exact) mass is 382 g/mol. The number of halogens is 2. The van der Waals surface area contributed by atoms with Gasteiger partial charge in [0.05, 0.1) is 24.4 Å². The lowest BCUT2D eigenvalue weighted by atomic mass is 10.0. The Labute approximate surface area is 154 Å². The van der Waals surface area contributed by atoms with Crippen LogP contribution < -0.4 is 5.32 Å². The number of ketones is 1. The Morgan fingerprint density at radius 2 is 1.81 bits per heavy atom. The smallest absolute Gasteiger partial charge is 0.339 e. The first-order valence-corrected chi connectivity index (χ1v) is 8.75. The second-order valence-corrected chi connectivity index (χ2v) is 6.81. The van der Waals surface area contributed by atoms with Crippen molar-refractivity contribution in [2.24, 2.45) is 0 Å². The molecule has 0 saturated heterocycles. The molecule has 0 aliphatic heterocycles. The molecule has 0 fully saturated rings. The number of thioether (sulfide) groups is 1. The number of hydrogen-bond donors (Lipinski definition) is 2. The maximum absolute atomic E-state index is 12.7. The third-order valence-electron chi connectivity index (χ3n) is 3.93. The minimum absolute atomic E-state index is 0.216. The molecule has 2 rings (SSSR count). The van der Waals surface area contributed by atoms with Crippen molar-refractivity contribution >= 4 is 29.2 Å². The predicted molar refractivity (Wildman–Crippen MR) is 97.3 cm³/mol. The summed E-state index contributed by atoms with van der Waals surface area (Å²) < 4.78 is 29.4. The third-order valence-corrected chi connectivity index (χ3v) is 4.65. The lowest BCUT2D eigenvalue weighted by molar-refractivity contribution is 0.0599. The second kappa shape index (κ2) is 8.35. The summed E-state index contributed by atoms with van der Waals surface area (Å²) in [5.41, 5.74) is 2.44. The zero-order chi connectivity index (χ0) is 19.4. The van der Waals surface area contributed by atoms with E-state index in [1.807, 2.05) is 0 Å². The van der Waals surface area contributed by atoms with E-state index in [1.165, 1.54) is 7.11 Å². The van der Waals surface area contributed by atoms with Crippen molar-refractivity contribution in [3.05, 3.63) is 46.8 Å². The van der Waals surface area contributed by atoms with Gasteiger partial charge in [0.15, 0.2) is 0 Å². The van der Waals surface area contributed by atoms with E-state index in [9.17, 15) is 18.4 Å². The number of aryl methyl sites for hydroxylation is 1. The van der Waals surface area contributed by atoms with Crippen LogP contribution in [-0.2, 0) is 4.74 Å². The number of alkyl halides is 2. The first-order chi connectivity index (χ1) is 12.2. The lowest BCUT2D eigenvalue weighted by Gasteiger charge is -2.14. The number of ether oxygens (including phenoxy) is 1. The number of esters is 1. The molecule has 2 N–H and O–H groups in total. The Balaban J connectivity index is 2.14. The average Bonchev–Trinajstić information content (AvgIpc) is 2.89. The van der Waals surface area contributed by atoms with Crippen molar-refractivity contribution in [2.45, 2.75) is 37.5 Å². The molecule has 1 atom stereocenters. The van der Waals surface area contributed by atoms with Gasteiger partial charge in [-0.2, -0.15) is 8.78 Å². The van der Waals surface area contributed by atoms with Crippen LogP contribution in [0.1, 0.15) is 39.0 Å². The van der Waals surface area contributed by atoms with Crippen LogP contribution in [-0.4, -0.2) is 35.6 Å². The maximum atomic E-state index is 12.7. The number of carbonyl (C=O) groups is 2. The Morgan fingerprint density at radius 1 is 1.19 bits per heavy atom. The summed E-state index contributed by atoms with van der Waals surface area (Å²) in [6.45, 7) is 5.08.